The molecular weight excluding hydrogens is 383 g/mol. The highest BCUT2D eigenvalue weighted by molar-refractivity contribution is 5.92. The molecule has 4 aromatic rings. The molecule has 4 rings (SSSR count). The zero-order chi connectivity index (χ0) is 20.8. The summed E-state index contributed by atoms with van der Waals surface area (Å²) in [7, 11) is 0. The van der Waals surface area contributed by atoms with Gasteiger partial charge in [-0.2, -0.15) is 0 Å². The third kappa shape index (κ3) is 4.91. The SMILES string of the molecule is O=C(CCc1ncc(-c2ccc(F)cc2)o1)Nc1ccccc1Oc1ccccc1. The number of aromatic nitrogens is 1. The lowest BCUT2D eigenvalue weighted by Gasteiger charge is -2.12. The van der Waals surface area contributed by atoms with Gasteiger partial charge >= 0.3 is 0 Å². The van der Waals surface area contributed by atoms with Crippen molar-refractivity contribution in [2.75, 3.05) is 5.32 Å². The molecule has 3 aromatic carbocycles. The molecule has 0 saturated heterocycles. The molecule has 0 aliphatic carbocycles. The molecule has 0 fully saturated rings. The first-order valence-electron chi connectivity index (χ1n) is 9.50. The van der Waals surface area contributed by atoms with Crippen molar-refractivity contribution >= 4 is 11.6 Å². The van der Waals surface area contributed by atoms with Crippen molar-refractivity contribution in [3.8, 4) is 22.8 Å². The second-order valence-corrected chi connectivity index (χ2v) is 6.58. The van der Waals surface area contributed by atoms with Crippen molar-refractivity contribution in [3.63, 3.8) is 0 Å². The zero-order valence-electron chi connectivity index (χ0n) is 16.0. The summed E-state index contributed by atoms with van der Waals surface area (Å²) in [5, 5.41) is 2.87. The van der Waals surface area contributed by atoms with E-state index in [0.717, 1.165) is 5.56 Å². The Morgan fingerprint density at radius 3 is 2.50 bits per heavy atom. The van der Waals surface area contributed by atoms with Crippen LogP contribution in [0.2, 0.25) is 0 Å². The number of hydrogen-bond donors (Lipinski definition) is 1. The molecule has 0 aliphatic heterocycles. The number of rotatable bonds is 7. The smallest absolute Gasteiger partial charge is 0.224 e. The molecular formula is C24H19FN2O3. The number of amides is 1. The lowest BCUT2D eigenvalue weighted by Crippen LogP contribution is -2.13. The van der Waals surface area contributed by atoms with Gasteiger partial charge < -0.3 is 14.5 Å². The summed E-state index contributed by atoms with van der Waals surface area (Å²) in [6.07, 6.45) is 2.11. The van der Waals surface area contributed by atoms with E-state index in [1.54, 1.807) is 30.5 Å². The van der Waals surface area contributed by atoms with E-state index in [1.807, 2.05) is 42.5 Å². The van der Waals surface area contributed by atoms with Crippen LogP contribution < -0.4 is 10.1 Å². The molecule has 0 saturated carbocycles. The Morgan fingerprint density at radius 1 is 0.967 bits per heavy atom. The van der Waals surface area contributed by atoms with Crippen LogP contribution in [0.3, 0.4) is 0 Å². The fraction of sp³-hybridized carbons (Fsp3) is 0.0833. The van der Waals surface area contributed by atoms with Crippen LogP contribution in [-0.2, 0) is 11.2 Å². The second-order valence-electron chi connectivity index (χ2n) is 6.58. The summed E-state index contributed by atoms with van der Waals surface area (Å²) >= 11 is 0. The number of nitrogens with zero attached hydrogens (tertiary/aromatic N) is 1. The molecule has 1 aromatic heterocycles. The summed E-state index contributed by atoms with van der Waals surface area (Å²) in [6.45, 7) is 0. The van der Waals surface area contributed by atoms with Crippen LogP contribution in [0.25, 0.3) is 11.3 Å². The van der Waals surface area contributed by atoms with Crippen LogP contribution in [0.4, 0.5) is 10.1 Å². The van der Waals surface area contributed by atoms with Gasteiger partial charge in [0.05, 0.1) is 11.9 Å². The Bertz CT molecular complexity index is 1120. The number of hydrogen-bond acceptors (Lipinski definition) is 4. The van der Waals surface area contributed by atoms with Gasteiger partial charge in [-0.15, -0.1) is 0 Å². The van der Waals surface area contributed by atoms with E-state index in [0.29, 0.717) is 35.3 Å². The molecule has 1 N–H and O–H groups in total. The quantitative estimate of drug-likeness (QED) is 0.421. The van der Waals surface area contributed by atoms with Gasteiger partial charge in [-0.25, -0.2) is 9.37 Å². The van der Waals surface area contributed by atoms with E-state index in [2.05, 4.69) is 10.3 Å². The summed E-state index contributed by atoms with van der Waals surface area (Å²) in [5.41, 5.74) is 1.32. The number of halogens is 1. The van der Waals surface area contributed by atoms with Crippen LogP contribution in [-0.4, -0.2) is 10.9 Å². The number of ether oxygens (including phenoxy) is 1. The molecule has 1 amide bonds. The normalized spacial score (nSPS) is 10.6. The highest BCUT2D eigenvalue weighted by Crippen LogP contribution is 2.29. The number of carbonyl (C=O) groups excluding carboxylic acids is 1. The summed E-state index contributed by atoms with van der Waals surface area (Å²) < 4.78 is 24.6. The van der Waals surface area contributed by atoms with Gasteiger partial charge in [0.15, 0.2) is 17.4 Å². The highest BCUT2D eigenvalue weighted by Gasteiger charge is 2.12. The number of benzene rings is 3. The molecule has 0 unspecified atom stereocenters. The first-order chi connectivity index (χ1) is 14.7. The van der Waals surface area contributed by atoms with E-state index in [1.165, 1.54) is 12.1 Å². The summed E-state index contributed by atoms with van der Waals surface area (Å²) in [6, 6.07) is 22.6. The van der Waals surface area contributed by atoms with E-state index in [9.17, 15) is 9.18 Å². The number of oxazole rings is 1. The summed E-state index contributed by atoms with van der Waals surface area (Å²) in [4.78, 5) is 16.6. The van der Waals surface area contributed by atoms with Crippen LogP contribution in [0.1, 0.15) is 12.3 Å². The van der Waals surface area contributed by atoms with Gasteiger partial charge in [0, 0.05) is 18.4 Å². The lowest BCUT2D eigenvalue weighted by atomic mass is 10.2. The predicted molar refractivity (Wildman–Crippen MR) is 112 cm³/mol. The predicted octanol–water partition coefficient (Wildman–Crippen LogP) is 5.84. The minimum atomic E-state index is -0.313. The lowest BCUT2D eigenvalue weighted by molar-refractivity contribution is -0.116. The van der Waals surface area contributed by atoms with Gasteiger partial charge in [-0.3, -0.25) is 4.79 Å². The van der Waals surface area contributed by atoms with Crippen molar-refractivity contribution < 1.29 is 18.3 Å². The van der Waals surface area contributed by atoms with Crippen LogP contribution >= 0.6 is 0 Å². The number of nitrogens with one attached hydrogen (secondary N) is 1. The fourth-order valence-electron chi connectivity index (χ4n) is 2.88. The van der Waals surface area contributed by atoms with Gasteiger partial charge in [0.25, 0.3) is 0 Å². The molecule has 0 bridgehead atoms. The molecule has 0 aliphatic rings. The van der Waals surface area contributed by atoms with Gasteiger partial charge in [0.1, 0.15) is 11.6 Å². The molecule has 5 nitrogen and oxygen atoms in total. The molecule has 1 heterocycles. The third-order valence-electron chi connectivity index (χ3n) is 4.38. The number of para-hydroxylation sites is 3. The minimum absolute atomic E-state index is 0.180. The molecule has 6 heteroatoms. The first-order valence-corrected chi connectivity index (χ1v) is 9.50. The van der Waals surface area contributed by atoms with Crippen molar-refractivity contribution in [1.82, 2.24) is 4.98 Å². The maximum Gasteiger partial charge on any atom is 0.224 e. The van der Waals surface area contributed by atoms with Crippen LogP contribution in [0.5, 0.6) is 11.5 Å². The molecule has 0 atom stereocenters. The topological polar surface area (TPSA) is 64.4 Å². The first kappa shape index (κ1) is 19.4. The number of aryl methyl sites for hydroxylation is 1. The molecule has 0 radical (unpaired) electrons. The number of carbonyl (C=O) groups is 1. The van der Waals surface area contributed by atoms with Gasteiger partial charge in [-0.05, 0) is 48.5 Å². The fourth-order valence-corrected chi connectivity index (χ4v) is 2.88. The van der Waals surface area contributed by atoms with Crippen LogP contribution in [0, 0.1) is 5.82 Å². The van der Waals surface area contributed by atoms with E-state index >= 15 is 0 Å². The number of anilines is 1. The highest BCUT2D eigenvalue weighted by atomic mass is 19.1. The van der Waals surface area contributed by atoms with Crippen molar-refractivity contribution in [3.05, 3.63) is 96.8 Å². The Balaban J connectivity index is 1.36. The van der Waals surface area contributed by atoms with Crippen LogP contribution in [0.15, 0.2) is 89.5 Å². The Hall–Kier alpha value is -3.93. The average Bonchev–Trinajstić information content (AvgIpc) is 3.24. The van der Waals surface area contributed by atoms with Gasteiger partial charge in [-0.1, -0.05) is 30.3 Å². The zero-order valence-corrected chi connectivity index (χ0v) is 16.0. The average molecular weight is 402 g/mol. The van der Waals surface area contributed by atoms with Gasteiger partial charge in [0.2, 0.25) is 5.91 Å². The summed E-state index contributed by atoms with van der Waals surface area (Å²) in [5.74, 6) is 1.73. The molecule has 30 heavy (non-hydrogen) atoms. The van der Waals surface area contributed by atoms with Crippen molar-refractivity contribution in [1.29, 1.82) is 0 Å². The Morgan fingerprint density at radius 2 is 1.70 bits per heavy atom. The minimum Gasteiger partial charge on any atom is -0.455 e. The van der Waals surface area contributed by atoms with E-state index in [4.69, 9.17) is 9.15 Å². The monoisotopic (exact) mass is 402 g/mol. The van der Waals surface area contributed by atoms with Crippen molar-refractivity contribution in [2.45, 2.75) is 12.8 Å². The van der Waals surface area contributed by atoms with E-state index in [-0.39, 0.29) is 18.1 Å². The Kier molecular flexibility index (Phi) is 5.85. The molecule has 150 valence electrons. The maximum absolute atomic E-state index is 13.0. The van der Waals surface area contributed by atoms with E-state index < -0.39 is 0 Å². The third-order valence-corrected chi connectivity index (χ3v) is 4.38. The standard InChI is InChI=1S/C24H19FN2O3/c25-18-12-10-17(11-13-18)22-16-26-24(30-22)15-14-23(28)27-20-8-4-5-9-21(20)29-19-6-2-1-3-7-19/h1-13,16H,14-15H2,(H,27,28). The maximum atomic E-state index is 13.0. The Labute approximate surface area is 173 Å². The largest absolute Gasteiger partial charge is 0.455 e. The van der Waals surface area contributed by atoms with Crippen molar-refractivity contribution in [2.24, 2.45) is 0 Å². The second kappa shape index (κ2) is 9.05. The molecule has 0 spiro atoms.